The average molecular weight is 439 g/mol. The minimum atomic E-state index is -0.671. The Hall–Kier alpha value is -2.43. The van der Waals surface area contributed by atoms with E-state index in [-0.39, 0.29) is 17.6 Å². The fourth-order valence-electron chi connectivity index (χ4n) is 3.26. The molecule has 0 aliphatic carbocycles. The van der Waals surface area contributed by atoms with Crippen molar-refractivity contribution in [2.75, 3.05) is 5.75 Å². The highest BCUT2D eigenvalue weighted by atomic mass is 32.2. The third-order valence-corrected chi connectivity index (χ3v) is 6.09. The number of hydroxylamine groups is 1. The predicted molar refractivity (Wildman–Crippen MR) is 109 cm³/mol. The molecular formula is C20H26N2O7S. The van der Waals surface area contributed by atoms with E-state index >= 15 is 0 Å². The van der Waals surface area contributed by atoms with Crippen LogP contribution >= 0.6 is 11.8 Å². The van der Waals surface area contributed by atoms with Crippen molar-refractivity contribution in [1.82, 2.24) is 10.8 Å². The number of ether oxygens (including phenoxy) is 2. The van der Waals surface area contributed by atoms with E-state index in [1.165, 1.54) is 18.7 Å². The van der Waals surface area contributed by atoms with Crippen molar-refractivity contribution < 1.29 is 33.9 Å². The summed E-state index contributed by atoms with van der Waals surface area (Å²) in [4.78, 5) is 46.5. The number of benzene rings is 1. The molecule has 0 saturated carbocycles. The van der Waals surface area contributed by atoms with E-state index in [1.54, 1.807) is 24.3 Å². The van der Waals surface area contributed by atoms with E-state index < -0.39 is 36.1 Å². The van der Waals surface area contributed by atoms with Gasteiger partial charge in [0.15, 0.2) is 0 Å². The Balaban J connectivity index is 2.00. The van der Waals surface area contributed by atoms with Gasteiger partial charge in [0.2, 0.25) is 0 Å². The number of carbonyl (C=O) groups is 4. The molecule has 0 aromatic heterocycles. The van der Waals surface area contributed by atoms with Crippen molar-refractivity contribution >= 4 is 35.6 Å². The van der Waals surface area contributed by atoms with E-state index in [9.17, 15) is 24.4 Å². The van der Waals surface area contributed by atoms with E-state index in [0.29, 0.717) is 24.2 Å². The van der Waals surface area contributed by atoms with Gasteiger partial charge in [-0.15, -0.1) is 0 Å². The third kappa shape index (κ3) is 7.12. The zero-order valence-electron chi connectivity index (χ0n) is 16.8. The second-order valence-electron chi connectivity index (χ2n) is 6.91. The molecule has 1 heterocycles. The zero-order valence-corrected chi connectivity index (χ0v) is 17.6. The summed E-state index contributed by atoms with van der Waals surface area (Å²) in [6.45, 7) is 2.44. The van der Waals surface area contributed by atoms with Gasteiger partial charge in [0.05, 0.1) is 11.3 Å². The van der Waals surface area contributed by atoms with E-state index in [0.717, 1.165) is 6.92 Å². The van der Waals surface area contributed by atoms with E-state index in [1.807, 2.05) is 6.07 Å². The molecule has 0 radical (unpaired) electrons. The fraction of sp³-hybridized carbons (Fsp3) is 0.500. The van der Waals surface area contributed by atoms with Crippen molar-refractivity contribution in [2.24, 2.45) is 0 Å². The highest BCUT2D eigenvalue weighted by Crippen LogP contribution is 2.34. The number of amides is 1. The summed E-state index contributed by atoms with van der Waals surface area (Å²) in [7, 11) is 0. The normalized spacial score (nSPS) is 21.5. The smallest absolute Gasteiger partial charge is 0.313 e. The molecule has 3 N–H and O–H groups in total. The molecular weight excluding hydrogens is 412 g/mol. The van der Waals surface area contributed by atoms with Crippen molar-refractivity contribution in [3.63, 3.8) is 0 Å². The molecule has 1 aromatic rings. The number of nitrogens with one attached hydrogen (secondary N) is 2. The zero-order chi connectivity index (χ0) is 22.1. The lowest BCUT2D eigenvalue weighted by atomic mass is 9.99. The lowest BCUT2D eigenvalue weighted by Gasteiger charge is -2.29. The number of hydrogen-bond acceptors (Lipinski definition) is 9. The Bertz CT molecular complexity index is 759. The number of thioether (sulfide) groups is 1. The van der Waals surface area contributed by atoms with Crippen LogP contribution in [0.1, 0.15) is 43.5 Å². The highest BCUT2D eigenvalue weighted by Gasteiger charge is 2.44. The summed E-state index contributed by atoms with van der Waals surface area (Å²) < 4.78 is 9.96. The monoisotopic (exact) mass is 438 g/mol. The Morgan fingerprint density at radius 3 is 2.47 bits per heavy atom. The summed E-state index contributed by atoms with van der Waals surface area (Å²) in [5.41, 5.74) is 2.72. The van der Waals surface area contributed by atoms with Gasteiger partial charge in [-0.25, -0.2) is 5.48 Å². The molecule has 1 amide bonds. The van der Waals surface area contributed by atoms with E-state index in [4.69, 9.17) is 4.74 Å². The maximum Gasteiger partial charge on any atom is 0.313 e. The molecule has 0 bridgehead atoms. The second kappa shape index (κ2) is 11.7. The summed E-state index contributed by atoms with van der Waals surface area (Å²) in [6.07, 6.45) is 0.0868. The van der Waals surface area contributed by atoms with Crippen LogP contribution in [0.25, 0.3) is 0 Å². The van der Waals surface area contributed by atoms with Crippen LogP contribution < -0.4 is 10.8 Å². The van der Waals surface area contributed by atoms with Crippen molar-refractivity contribution in [1.29, 1.82) is 0 Å². The lowest BCUT2D eigenvalue weighted by molar-refractivity contribution is -0.158. The predicted octanol–water partition coefficient (Wildman–Crippen LogP) is 1.44. The van der Waals surface area contributed by atoms with Crippen LogP contribution in [0, 0.1) is 0 Å². The first-order valence-corrected chi connectivity index (χ1v) is 10.6. The minimum absolute atomic E-state index is 0.0154. The van der Waals surface area contributed by atoms with Gasteiger partial charge in [0, 0.05) is 37.6 Å². The fourth-order valence-corrected chi connectivity index (χ4v) is 4.83. The Morgan fingerprint density at radius 1 is 1.17 bits per heavy atom. The van der Waals surface area contributed by atoms with Crippen LogP contribution in [0.5, 0.6) is 0 Å². The summed E-state index contributed by atoms with van der Waals surface area (Å²) in [5.74, 6) is -1.59. The van der Waals surface area contributed by atoms with Crippen molar-refractivity contribution in [2.45, 2.75) is 56.5 Å². The number of hydrogen-bond donors (Lipinski definition) is 3. The molecule has 164 valence electrons. The van der Waals surface area contributed by atoms with Crippen LogP contribution in [0.4, 0.5) is 0 Å². The number of carbonyl (C=O) groups excluding carboxylic acids is 4. The third-order valence-electron chi connectivity index (χ3n) is 4.56. The topological polar surface area (TPSA) is 131 Å². The Kier molecular flexibility index (Phi) is 9.28. The summed E-state index contributed by atoms with van der Waals surface area (Å²) in [5, 5.41) is 12.2. The van der Waals surface area contributed by atoms with Gasteiger partial charge < -0.3 is 20.0 Å². The molecule has 1 aromatic carbocycles. The quantitative estimate of drug-likeness (QED) is 0.298. The van der Waals surface area contributed by atoms with Gasteiger partial charge in [-0.1, -0.05) is 18.2 Å². The molecule has 1 aliphatic rings. The first-order chi connectivity index (χ1) is 14.3. The second-order valence-corrected chi connectivity index (χ2v) is 8.12. The van der Waals surface area contributed by atoms with Crippen molar-refractivity contribution in [3.8, 4) is 0 Å². The highest BCUT2D eigenvalue weighted by molar-refractivity contribution is 8.00. The van der Waals surface area contributed by atoms with Crippen molar-refractivity contribution in [3.05, 3.63) is 35.9 Å². The minimum Gasteiger partial charge on any atom is -0.459 e. The molecule has 9 nitrogen and oxygen atoms in total. The van der Waals surface area contributed by atoms with Gasteiger partial charge in [0.25, 0.3) is 5.91 Å². The number of rotatable bonds is 9. The van der Waals surface area contributed by atoms with E-state index in [2.05, 4.69) is 15.5 Å². The molecule has 1 fully saturated rings. The summed E-state index contributed by atoms with van der Waals surface area (Å²) >= 11 is 1.46. The molecule has 1 saturated heterocycles. The maximum atomic E-state index is 12.5. The van der Waals surface area contributed by atoms with Crippen LogP contribution in [0.2, 0.25) is 0 Å². The van der Waals surface area contributed by atoms with Gasteiger partial charge >= 0.3 is 17.9 Å². The molecule has 0 spiro atoms. The molecule has 4 atom stereocenters. The molecule has 0 unspecified atom stereocenters. The lowest BCUT2D eigenvalue weighted by Crippen LogP contribution is -2.51. The van der Waals surface area contributed by atoms with Gasteiger partial charge in [0.1, 0.15) is 6.10 Å². The Labute approximate surface area is 178 Å². The molecule has 30 heavy (non-hydrogen) atoms. The first-order valence-electron chi connectivity index (χ1n) is 9.57. The van der Waals surface area contributed by atoms with Gasteiger partial charge in [-0.2, -0.15) is 11.8 Å². The Morgan fingerprint density at radius 2 is 1.87 bits per heavy atom. The average Bonchev–Trinajstić information content (AvgIpc) is 3.06. The summed E-state index contributed by atoms with van der Waals surface area (Å²) in [6, 6.07) is 7.77. The van der Waals surface area contributed by atoms with Gasteiger partial charge in [-0.3, -0.25) is 19.2 Å². The molecule has 2 rings (SSSR count). The largest absolute Gasteiger partial charge is 0.459 e. The molecule has 10 heteroatoms. The first kappa shape index (κ1) is 23.8. The van der Waals surface area contributed by atoms with Crippen LogP contribution in [0.3, 0.4) is 0 Å². The number of esters is 3. The standard InChI is InChI=1S/C20H26N2O7S/c1-12(23)28-17(25)10-6-9-15(22-27)19-18(29-13(2)24)16(11-30-19)21-20(26)14-7-4-3-5-8-14/h3-5,7-8,15-16,18-19,22,27H,6,9-11H2,1-2H3,(H,21,26)/t15-,16+,18-,19+/m0/s1. The SMILES string of the molecule is CC(=O)OC(=O)CCC[C@H](NO)[C@H]1SC[C@@H](NC(=O)c2ccccc2)[C@@H]1OC(C)=O. The van der Waals surface area contributed by atoms with Crippen LogP contribution in [-0.2, 0) is 23.9 Å². The van der Waals surface area contributed by atoms with Gasteiger partial charge in [-0.05, 0) is 25.0 Å². The van der Waals surface area contributed by atoms with Crippen LogP contribution in [-0.4, -0.2) is 58.2 Å². The van der Waals surface area contributed by atoms with Crippen LogP contribution in [0.15, 0.2) is 30.3 Å². The maximum absolute atomic E-state index is 12.5. The molecule has 1 aliphatic heterocycles.